The summed E-state index contributed by atoms with van der Waals surface area (Å²) in [5.74, 6) is 3.60. The van der Waals surface area contributed by atoms with Crippen LogP contribution in [0.5, 0.6) is 6.01 Å². The van der Waals surface area contributed by atoms with Crippen LogP contribution in [0.25, 0.3) is 0 Å². The maximum Gasteiger partial charge on any atom is 0.323 e. The summed E-state index contributed by atoms with van der Waals surface area (Å²) in [6.45, 7) is 5.64. The van der Waals surface area contributed by atoms with Gasteiger partial charge in [-0.1, -0.05) is 13.8 Å². The van der Waals surface area contributed by atoms with E-state index in [9.17, 15) is 0 Å². The van der Waals surface area contributed by atoms with Crippen LogP contribution in [0, 0.1) is 0 Å². The second-order valence-corrected chi connectivity index (χ2v) is 6.30. The summed E-state index contributed by atoms with van der Waals surface area (Å²) in [6.07, 6.45) is 4.27. The molecule has 21 heavy (non-hydrogen) atoms. The van der Waals surface area contributed by atoms with Crippen LogP contribution in [0.1, 0.15) is 39.5 Å². The summed E-state index contributed by atoms with van der Waals surface area (Å²) in [6, 6.07) is 0.852. The number of thioether (sulfide) groups is 1. The van der Waals surface area contributed by atoms with Crippen LogP contribution in [0.15, 0.2) is 0 Å². The van der Waals surface area contributed by atoms with E-state index < -0.39 is 0 Å². The Morgan fingerprint density at radius 3 is 2.57 bits per heavy atom. The average molecular weight is 311 g/mol. The van der Waals surface area contributed by atoms with Gasteiger partial charge in [0.2, 0.25) is 11.9 Å². The van der Waals surface area contributed by atoms with Gasteiger partial charge in [0.05, 0.1) is 6.61 Å². The first kappa shape index (κ1) is 16.1. The van der Waals surface area contributed by atoms with E-state index >= 15 is 0 Å². The van der Waals surface area contributed by atoms with Crippen molar-refractivity contribution in [3.8, 4) is 6.01 Å². The first-order valence-corrected chi connectivity index (χ1v) is 8.94. The fraction of sp³-hybridized carbons (Fsp3) is 0.786. The Bertz CT molecular complexity index is 400. The van der Waals surface area contributed by atoms with Gasteiger partial charge in [0, 0.05) is 12.6 Å². The van der Waals surface area contributed by atoms with Gasteiger partial charge in [-0.3, -0.25) is 0 Å². The van der Waals surface area contributed by atoms with Gasteiger partial charge >= 0.3 is 6.01 Å². The van der Waals surface area contributed by atoms with Crippen molar-refractivity contribution in [2.45, 2.75) is 45.6 Å². The number of rotatable bonds is 8. The second kappa shape index (κ2) is 8.92. The lowest BCUT2D eigenvalue weighted by molar-refractivity contribution is 0.292. The molecule has 0 spiro atoms. The predicted molar refractivity (Wildman–Crippen MR) is 88.4 cm³/mol. The molecule has 1 fully saturated rings. The van der Waals surface area contributed by atoms with Gasteiger partial charge in [0.15, 0.2) is 0 Å². The third kappa shape index (κ3) is 5.57. The number of nitrogens with zero attached hydrogens (tertiary/aromatic N) is 3. The molecule has 0 radical (unpaired) electrons. The number of ether oxygens (including phenoxy) is 1. The van der Waals surface area contributed by atoms with Crippen LogP contribution in [-0.2, 0) is 0 Å². The van der Waals surface area contributed by atoms with Crippen molar-refractivity contribution in [1.82, 2.24) is 15.0 Å². The van der Waals surface area contributed by atoms with E-state index in [2.05, 4.69) is 39.4 Å². The van der Waals surface area contributed by atoms with E-state index in [-0.39, 0.29) is 0 Å². The molecule has 6 nitrogen and oxygen atoms in total. The van der Waals surface area contributed by atoms with Crippen molar-refractivity contribution in [1.29, 1.82) is 0 Å². The lowest BCUT2D eigenvalue weighted by Crippen LogP contribution is -2.26. The number of hydrogen-bond acceptors (Lipinski definition) is 7. The second-order valence-electron chi connectivity index (χ2n) is 5.07. The normalized spacial score (nSPS) is 15.7. The Hall–Kier alpha value is -1.24. The van der Waals surface area contributed by atoms with Gasteiger partial charge in [-0.05, 0) is 37.2 Å². The van der Waals surface area contributed by atoms with Crippen LogP contribution in [0.4, 0.5) is 11.9 Å². The third-order valence-electron chi connectivity index (χ3n) is 3.14. The standard InChI is InChI=1S/C14H25N5OS/c1-3-7-15-12-17-13(16-11-5-9-21-10-6-11)19-14(18-12)20-8-4-2/h11H,3-10H2,1-2H3,(H2,15,16,17,18,19). The van der Waals surface area contributed by atoms with Gasteiger partial charge in [-0.25, -0.2) is 0 Å². The molecular formula is C14H25N5OS. The molecule has 1 aromatic rings. The van der Waals surface area contributed by atoms with E-state index in [1.165, 1.54) is 11.5 Å². The first-order valence-electron chi connectivity index (χ1n) is 7.78. The minimum absolute atomic E-state index is 0.401. The third-order valence-corrected chi connectivity index (χ3v) is 4.19. The number of aromatic nitrogens is 3. The summed E-state index contributed by atoms with van der Waals surface area (Å²) >= 11 is 2.01. The van der Waals surface area contributed by atoms with Crippen LogP contribution in [0.2, 0.25) is 0 Å². The van der Waals surface area contributed by atoms with E-state index in [1.54, 1.807) is 0 Å². The predicted octanol–water partition coefficient (Wildman–Crippen LogP) is 2.79. The van der Waals surface area contributed by atoms with Crippen LogP contribution >= 0.6 is 11.8 Å². The van der Waals surface area contributed by atoms with Crippen molar-refractivity contribution in [2.24, 2.45) is 0 Å². The number of anilines is 2. The summed E-state index contributed by atoms with van der Waals surface area (Å²) < 4.78 is 5.56. The van der Waals surface area contributed by atoms with Crippen LogP contribution in [-0.4, -0.2) is 45.7 Å². The molecule has 1 aromatic heterocycles. The summed E-state index contributed by atoms with van der Waals surface area (Å²) in [4.78, 5) is 13.1. The van der Waals surface area contributed by atoms with Gasteiger partial charge in [-0.2, -0.15) is 26.7 Å². The molecule has 2 rings (SSSR count). The fourth-order valence-electron chi connectivity index (χ4n) is 2.02. The molecule has 0 atom stereocenters. The molecule has 2 heterocycles. The Morgan fingerprint density at radius 2 is 1.86 bits per heavy atom. The average Bonchev–Trinajstić information content (AvgIpc) is 2.52. The summed E-state index contributed by atoms with van der Waals surface area (Å²) in [5.41, 5.74) is 0. The molecule has 0 unspecified atom stereocenters. The Kier molecular flexibility index (Phi) is 6.85. The van der Waals surface area contributed by atoms with Gasteiger partial charge in [0.1, 0.15) is 0 Å². The minimum Gasteiger partial charge on any atom is -0.463 e. The largest absolute Gasteiger partial charge is 0.463 e. The lowest BCUT2D eigenvalue weighted by Gasteiger charge is -2.22. The maximum absolute atomic E-state index is 5.56. The molecule has 1 aliphatic rings. The van der Waals surface area contributed by atoms with Crippen LogP contribution in [0.3, 0.4) is 0 Å². The SMILES string of the molecule is CCCNc1nc(NC2CCSCC2)nc(OCCC)n1. The van der Waals surface area contributed by atoms with Crippen molar-refractivity contribution in [2.75, 3.05) is 35.3 Å². The van der Waals surface area contributed by atoms with Crippen molar-refractivity contribution in [3.05, 3.63) is 0 Å². The highest BCUT2D eigenvalue weighted by atomic mass is 32.2. The Labute approximate surface area is 130 Å². The molecule has 1 saturated heterocycles. The maximum atomic E-state index is 5.56. The molecule has 0 saturated carbocycles. The van der Waals surface area contributed by atoms with E-state index in [0.717, 1.165) is 32.2 Å². The first-order chi connectivity index (χ1) is 10.3. The highest BCUT2D eigenvalue weighted by molar-refractivity contribution is 7.99. The molecular weight excluding hydrogens is 286 g/mol. The van der Waals surface area contributed by atoms with Crippen molar-refractivity contribution >= 4 is 23.7 Å². The zero-order chi connectivity index (χ0) is 14.9. The molecule has 0 amide bonds. The number of hydrogen-bond donors (Lipinski definition) is 2. The van der Waals surface area contributed by atoms with Crippen molar-refractivity contribution in [3.63, 3.8) is 0 Å². The number of nitrogens with one attached hydrogen (secondary N) is 2. The molecule has 0 aromatic carbocycles. The molecule has 7 heteroatoms. The van der Waals surface area contributed by atoms with E-state index in [1.807, 2.05) is 11.8 Å². The Morgan fingerprint density at radius 1 is 1.10 bits per heavy atom. The molecule has 0 bridgehead atoms. The minimum atomic E-state index is 0.401. The molecule has 0 aliphatic carbocycles. The van der Waals surface area contributed by atoms with Crippen LogP contribution < -0.4 is 15.4 Å². The highest BCUT2D eigenvalue weighted by Gasteiger charge is 2.16. The molecule has 118 valence electrons. The molecule has 1 aliphatic heterocycles. The van der Waals surface area contributed by atoms with E-state index in [4.69, 9.17) is 4.74 Å². The van der Waals surface area contributed by atoms with Crippen molar-refractivity contribution < 1.29 is 4.74 Å². The zero-order valence-electron chi connectivity index (χ0n) is 12.9. The monoisotopic (exact) mass is 311 g/mol. The van der Waals surface area contributed by atoms with E-state index in [0.29, 0.717) is 30.6 Å². The lowest BCUT2D eigenvalue weighted by atomic mass is 10.2. The summed E-state index contributed by atoms with van der Waals surface area (Å²) in [7, 11) is 0. The molecule has 2 N–H and O–H groups in total. The highest BCUT2D eigenvalue weighted by Crippen LogP contribution is 2.20. The Balaban J connectivity index is 2.05. The van der Waals surface area contributed by atoms with Gasteiger partial charge in [0.25, 0.3) is 0 Å². The topological polar surface area (TPSA) is 72.0 Å². The quantitative estimate of drug-likeness (QED) is 0.765. The zero-order valence-corrected chi connectivity index (χ0v) is 13.7. The fourth-order valence-corrected chi connectivity index (χ4v) is 3.13. The smallest absolute Gasteiger partial charge is 0.323 e. The van der Waals surface area contributed by atoms with Gasteiger partial charge in [-0.15, -0.1) is 0 Å². The summed E-state index contributed by atoms with van der Waals surface area (Å²) in [5, 5.41) is 6.62. The van der Waals surface area contributed by atoms with Gasteiger partial charge < -0.3 is 15.4 Å².